The zero-order valence-electron chi connectivity index (χ0n) is 22.1. The Labute approximate surface area is 224 Å². The lowest BCUT2D eigenvalue weighted by Crippen LogP contribution is -2.51. The van der Waals surface area contributed by atoms with Gasteiger partial charge < -0.3 is 10.2 Å². The van der Waals surface area contributed by atoms with E-state index in [-0.39, 0.29) is 17.0 Å². The topological polar surface area (TPSA) is 86.8 Å². The molecule has 2 amide bonds. The number of hydrogen-bond acceptors (Lipinski definition) is 4. The monoisotopic (exact) mass is 539 g/mol. The van der Waals surface area contributed by atoms with Gasteiger partial charge in [-0.05, 0) is 68.7 Å². The van der Waals surface area contributed by atoms with Crippen molar-refractivity contribution in [2.24, 2.45) is 0 Å². The van der Waals surface area contributed by atoms with Crippen molar-refractivity contribution < 1.29 is 22.4 Å². The lowest BCUT2D eigenvalue weighted by atomic mass is 10.1. The SMILES string of the molecule is CCCNC(=O)[C@@H](C)N(Cc1ccccc1F)C(=O)CN(c1cc(C)cc(C)c1)S(=O)(=O)c1ccccc1. The number of nitrogens with zero attached hydrogens (tertiary/aromatic N) is 2. The lowest BCUT2D eigenvalue weighted by molar-refractivity contribution is -0.139. The molecule has 9 heteroatoms. The molecule has 0 unspecified atom stereocenters. The third-order valence-corrected chi connectivity index (χ3v) is 7.91. The summed E-state index contributed by atoms with van der Waals surface area (Å²) in [4.78, 5) is 27.9. The van der Waals surface area contributed by atoms with E-state index in [0.717, 1.165) is 15.4 Å². The number of halogens is 1. The first-order chi connectivity index (χ1) is 18.0. The number of carbonyl (C=O) groups is 2. The molecule has 0 saturated carbocycles. The Morgan fingerprint density at radius 2 is 1.55 bits per heavy atom. The van der Waals surface area contributed by atoms with E-state index in [2.05, 4.69) is 5.32 Å². The van der Waals surface area contributed by atoms with Gasteiger partial charge in [0.05, 0.1) is 10.6 Å². The van der Waals surface area contributed by atoms with Crippen molar-refractivity contribution in [1.82, 2.24) is 10.2 Å². The van der Waals surface area contributed by atoms with Crippen LogP contribution < -0.4 is 9.62 Å². The van der Waals surface area contributed by atoms with Gasteiger partial charge in [-0.1, -0.05) is 49.4 Å². The van der Waals surface area contributed by atoms with Crippen molar-refractivity contribution in [3.63, 3.8) is 0 Å². The van der Waals surface area contributed by atoms with E-state index in [0.29, 0.717) is 18.7 Å². The van der Waals surface area contributed by atoms with Crippen LogP contribution in [0.15, 0.2) is 77.7 Å². The highest BCUT2D eigenvalue weighted by Crippen LogP contribution is 2.26. The van der Waals surface area contributed by atoms with Crippen LogP contribution in [-0.4, -0.2) is 44.3 Å². The number of nitrogens with one attached hydrogen (secondary N) is 1. The highest BCUT2D eigenvalue weighted by atomic mass is 32.2. The smallest absolute Gasteiger partial charge is 0.264 e. The van der Waals surface area contributed by atoms with Crippen molar-refractivity contribution in [2.75, 3.05) is 17.4 Å². The second kappa shape index (κ2) is 12.7. The average molecular weight is 540 g/mol. The molecule has 0 spiro atoms. The van der Waals surface area contributed by atoms with Gasteiger partial charge in [0, 0.05) is 18.7 Å². The molecule has 1 atom stereocenters. The molecule has 3 aromatic carbocycles. The molecule has 0 fully saturated rings. The summed E-state index contributed by atoms with van der Waals surface area (Å²) < 4.78 is 43.2. The van der Waals surface area contributed by atoms with Gasteiger partial charge in [-0.15, -0.1) is 0 Å². The summed E-state index contributed by atoms with van der Waals surface area (Å²) in [6.07, 6.45) is 0.704. The summed E-state index contributed by atoms with van der Waals surface area (Å²) >= 11 is 0. The van der Waals surface area contributed by atoms with Crippen LogP contribution in [0.4, 0.5) is 10.1 Å². The van der Waals surface area contributed by atoms with E-state index in [4.69, 9.17) is 0 Å². The summed E-state index contributed by atoms with van der Waals surface area (Å²) in [6, 6.07) is 18.2. The summed E-state index contributed by atoms with van der Waals surface area (Å²) in [5.74, 6) is -1.55. The van der Waals surface area contributed by atoms with Crippen LogP contribution in [0.25, 0.3) is 0 Å². The summed E-state index contributed by atoms with van der Waals surface area (Å²) in [7, 11) is -4.15. The average Bonchev–Trinajstić information content (AvgIpc) is 2.89. The molecule has 0 aliphatic carbocycles. The number of sulfonamides is 1. The Kier molecular flexibility index (Phi) is 9.63. The molecule has 0 radical (unpaired) electrons. The minimum atomic E-state index is -4.15. The molecule has 3 rings (SSSR count). The first-order valence-electron chi connectivity index (χ1n) is 12.5. The van der Waals surface area contributed by atoms with Gasteiger partial charge in [0.1, 0.15) is 18.4 Å². The van der Waals surface area contributed by atoms with E-state index in [1.807, 2.05) is 26.8 Å². The second-order valence-electron chi connectivity index (χ2n) is 9.25. The van der Waals surface area contributed by atoms with E-state index < -0.39 is 40.2 Å². The van der Waals surface area contributed by atoms with Gasteiger partial charge in [-0.2, -0.15) is 0 Å². The van der Waals surface area contributed by atoms with Gasteiger partial charge in [-0.25, -0.2) is 12.8 Å². The number of anilines is 1. The summed E-state index contributed by atoms with van der Waals surface area (Å²) in [5.41, 5.74) is 2.21. The third kappa shape index (κ3) is 6.98. The molecular formula is C29H34FN3O4S. The Bertz CT molecular complexity index is 1360. The minimum Gasteiger partial charge on any atom is -0.354 e. The number of benzene rings is 3. The molecule has 38 heavy (non-hydrogen) atoms. The zero-order valence-corrected chi connectivity index (χ0v) is 23.0. The maximum absolute atomic E-state index is 14.6. The van der Waals surface area contributed by atoms with E-state index >= 15 is 0 Å². The minimum absolute atomic E-state index is 0.0290. The van der Waals surface area contributed by atoms with Crippen LogP contribution in [0.1, 0.15) is 37.0 Å². The normalized spacial score (nSPS) is 12.0. The third-order valence-electron chi connectivity index (χ3n) is 6.12. The van der Waals surface area contributed by atoms with Gasteiger partial charge in [-0.3, -0.25) is 13.9 Å². The van der Waals surface area contributed by atoms with Gasteiger partial charge in [0.2, 0.25) is 11.8 Å². The second-order valence-corrected chi connectivity index (χ2v) is 11.1. The number of carbonyl (C=O) groups excluding carboxylic acids is 2. The van der Waals surface area contributed by atoms with Gasteiger partial charge >= 0.3 is 0 Å². The Hall–Kier alpha value is -3.72. The number of rotatable bonds is 11. The van der Waals surface area contributed by atoms with Crippen LogP contribution in [0.5, 0.6) is 0 Å². The van der Waals surface area contributed by atoms with E-state index in [1.54, 1.807) is 43.3 Å². The molecule has 0 saturated heterocycles. The first kappa shape index (κ1) is 28.8. The summed E-state index contributed by atoms with van der Waals surface area (Å²) in [6.45, 7) is 6.80. The largest absolute Gasteiger partial charge is 0.354 e. The quantitative estimate of drug-likeness (QED) is 0.387. The lowest BCUT2D eigenvalue weighted by Gasteiger charge is -2.32. The van der Waals surface area contributed by atoms with Crippen LogP contribution in [-0.2, 0) is 26.2 Å². The Morgan fingerprint density at radius 1 is 0.947 bits per heavy atom. The van der Waals surface area contributed by atoms with Crippen LogP contribution >= 0.6 is 0 Å². The molecule has 1 N–H and O–H groups in total. The highest BCUT2D eigenvalue weighted by molar-refractivity contribution is 7.92. The molecule has 3 aromatic rings. The first-order valence-corrected chi connectivity index (χ1v) is 13.9. The molecule has 202 valence electrons. The molecule has 7 nitrogen and oxygen atoms in total. The molecule has 0 aliphatic heterocycles. The van der Waals surface area contributed by atoms with Crippen molar-refractivity contribution >= 4 is 27.5 Å². The predicted molar refractivity (Wildman–Crippen MR) is 147 cm³/mol. The molecular weight excluding hydrogens is 505 g/mol. The van der Waals surface area contributed by atoms with Crippen molar-refractivity contribution in [3.05, 3.63) is 95.3 Å². The Morgan fingerprint density at radius 3 is 2.16 bits per heavy atom. The fourth-order valence-corrected chi connectivity index (χ4v) is 5.55. The van der Waals surface area contributed by atoms with Gasteiger partial charge in [0.15, 0.2) is 0 Å². The standard InChI is InChI=1S/C29H34FN3O4S/c1-5-15-31-29(35)23(4)32(19-24-11-9-10-14-27(24)30)28(34)20-33(25-17-21(2)16-22(3)18-25)38(36,37)26-12-7-6-8-13-26/h6-14,16-18,23H,5,15,19-20H2,1-4H3,(H,31,35)/t23-/m1/s1. The maximum Gasteiger partial charge on any atom is 0.264 e. The van der Waals surface area contributed by atoms with Crippen LogP contribution in [0.2, 0.25) is 0 Å². The fourth-order valence-electron chi connectivity index (χ4n) is 4.13. The molecule has 0 heterocycles. The predicted octanol–water partition coefficient (Wildman–Crippen LogP) is 4.58. The molecule has 0 bridgehead atoms. The van der Waals surface area contributed by atoms with E-state index in [9.17, 15) is 22.4 Å². The Balaban J connectivity index is 2.05. The zero-order chi connectivity index (χ0) is 27.9. The van der Waals surface area contributed by atoms with Crippen molar-refractivity contribution in [3.8, 4) is 0 Å². The number of amides is 2. The number of aryl methyl sites for hydroxylation is 2. The molecule has 0 aliphatic rings. The number of hydrogen-bond donors (Lipinski definition) is 1. The van der Waals surface area contributed by atoms with Crippen molar-refractivity contribution in [2.45, 2.75) is 51.6 Å². The maximum atomic E-state index is 14.6. The van der Waals surface area contributed by atoms with Crippen molar-refractivity contribution in [1.29, 1.82) is 0 Å². The highest BCUT2D eigenvalue weighted by Gasteiger charge is 2.33. The summed E-state index contributed by atoms with van der Waals surface area (Å²) in [5, 5.41) is 2.77. The van der Waals surface area contributed by atoms with E-state index in [1.165, 1.54) is 35.2 Å². The molecule has 0 aromatic heterocycles. The fraction of sp³-hybridized carbons (Fsp3) is 0.310. The van der Waals surface area contributed by atoms with Gasteiger partial charge in [0.25, 0.3) is 10.0 Å². The van der Waals surface area contributed by atoms with Crippen LogP contribution in [0, 0.1) is 19.7 Å². The van der Waals surface area contributed by atoms with Crippen LogP contribution in [0.3, 0.4) is 0 Å².